The first kappa shape index (κ1) is 21.1. The molecular formula is C19H27F3N2O4. The summed E-state index contributed by atoms with van der Waals surface area (Å²) in [7, 11) is 0. The van der Waals surface area contributed by atoms with Gasteiger partial charge in [-0.2, -0.15) is 13.2 Å². The molecule has 6 nitrogen and oxygen atoms in total. The van der Waals surface area contributed by atoms with E-state index in [9.17, 15) is 23.1 Å². The van der Waals surface area contributed by atoms with E-state index in [0.717, 1.165) is 6.07 Å². The van der Waals surface area contributed by atoms with Crippen LogP contribution in [0.4, 0.5) is 13.2 Å². The van der Waals surface area contributed by atoms with Crippen molar-refractivity contribution in [2.45, 2.75) is 69.5 Å². The molecule has 2 atom stereocenters. The highest BCUT2D eigenvalue weighted by Crippen LogP contribution is 2.40. The lowest BCUT2D eigenvalue weighted by Gasteiger charge is -2.53. The lowest BCUT2D eigenvalue weighted by Crippen LogP contribution is -2.69. The van der Waals surface area contributed by atoms with E-state index in [4.69, 9.17) is 9.15 Å². The molecule has 0 saturated carbocycles. The molecule has 2 aliphatic heterocycles. The Kier molecular flexibility index (Phi) is 5.80. The highest BCUT2D eigenvalue weighted by atomic mass is 19.4. The first-order valence-corrected chi connectivity index (χ1v) is 9.59. The molecule has 1 aromatic rings. The fourth-order valence-electron chi connectivity index (χ4n) is 4.14. The van der Waals surface area contributed by atoms with E-state index < -0.39 is 29.2 Å². The molecule has 0 aromatic carbocycles. The molecule has 2 fully saturated rings. The molecule has 0 bridgehead atoms. The number of nitrogens with one attached hydrogen (secondary N) is 1. The number of furan rings is 1. The molecule has 3 rings (SSSR count). The Balaban J connectivity index is 1.62. The largest absolute Gasteiger partial charge is 0.455 e. The Hall–Kier alpha value is -1.58. The minimum absolute atomic E-state index is 0.116. The van der Waals surface area contributed by atoms with Crippen molar-refractivity contribution in [1.82, 2.24) is 10.2 Å². The summed E-state index contributed by atoms with van der Waals surface area (Å²) in [5.41, 5.74) is -1.51. The van der Waals surface area contributed by atoms with Gasteiger partial charge in [0.25, 0.3) is 0 Å². The smallest absolute Gasteiger partial charge is 0.449 e. The van der Waals surface area contributed by atoms with Crippen molar-refractivity contribution in [3.63, 3.8) is 0 Å². The molecule has 0 unspecified atom stereocenters. The van der Waals surface area contributed by atoms with Crippen LogP contribution in [0.5, 0.6) is 0 Å². The number of aliphatic hydroxyl groups is 1. The van der Waals surface area contributed by atoms with E-state index in [0.29, 0.717) is 45.4 Å². The Labute approximate surface area is 162 Å². The molecule has 1 amide bonds. The molecule has 2 saturated heterocycles. The summed E-state index contributed by atoms with van der Waals surface area (Å²) in [6.45, 7) is 5.41. The summed E-state index contributed by atoms with van der Waals surface area (Å²) < 4.78 is 48.9. The normalized spacial score (nSPS) is 28.4. The molecule has 158 valence electrons. The maximum Gasteiger partial charge on any atom is 0.449 e. The fourth-order valence-corrected chi connectivity index (χ4v) is 4.14. The van der Waals surface area contributed by atoms with Crippen LogP contribution in [-0.4, -0.2) is 52.9 Å². The van der Waals surface area contributed by atoms with E-state index in [1.165, 1.54) is 6.07 Å². The molecular weight excluding hydrogens is 377 g/mol. The summed E-state index contributed by atoms with van der Waals surface area (Å²) in [6, 6.07) is 2.28. The Morgan fingerprint density at radius 2 is 2.00 bits per heavy atom. The number of halogens is 3. The number of carbonyl (C=O) groups is 1. The summed E-state index contributed by atoms with van der Waals surface area (Å²) in [6.07, 6.45) is -3.42. The number of carbonyl (C=O) groups excluding carboxylic acids is 1. The summed E-state index contributed by atoms with van der Waals surface area (Å²) in [4.78, 5) is 13.9. The van der Waals surface area contributed by atoms with Gasteiger partial charge >= 0.3 is 6.18 Å². The predicted molar refractivity (Wildman–Crippen MR) is 94.4 cm³/mol. The van der Waals surface area contributed by atoms with Gasteiger partial charge < -0.3 is 19.6 Å². The topological polar surface area (TPSA) is 74.9 Å². The highest BCUT2D eigenvalue weighted by Gasteiger charge is 2.53. The second-order valence-corrected chi connectivity index (χ2v) is 7.92. The number of likely N-dealkylation sites (tertiary alicyclic amines) is 1. The van der Waals surface area contributed by atoms with Gasteiger partial charge in [-0.25, -0.2) is 0 Å². The molecule has 2 aliphatic rings. The lowest BCUT2D eigenvalue weighted by molar-refractivity contribution is -0.208. The number of aliphatic hydroxyl groups excluding tert-OH is 1. The number of hydrogen-bond donors (Lipinski definition) is 2. The average Bonchev–Trinajstić information content (AvgIpc) is 3.10. The van der Waals surface area contributed by atoms with E-state index in [2.05, 4.69) is 5.32 Å². The van der Waals surface area contributed by atoms with Gasteiger partial charge in [-0.15, -0.1) is 0 Å². The van der Waals surface area contributed by atoms with Crippen molar-refractivity contribution in [2.24, 2.45) is 0 Å². The molecule has 1 spiro atoms. The fraction of sp³-hybridized carbons (Fsp3) is 0.737. The molecule has 28 heavy (non-hydrogen) atoms. The van der Waals surface area contributed by atoms with Gasteiger partial charge in [0.15, 0.2) is 0 Å². The average molecular weight is 404 g/mol. The summed E-state index contributed by atoms with van der Waals surface area (Å²) in [5, 5.41) is 13.9. The number of rotatable bonds is 4. The second-order valence-electron chi connectivity index (χ2n) is 7.92. The lowest BCUT2D eigenvalue weighted by atomic mass is 9.73. The second kappa shape index (κ2) is 7.68. The van der Waals surface area contributed by atoms with Gasteiger partial charge in [0.1, 0.15) is 11.9 Å². The number of hydrogen-bond acceptors (Lipinski definition) is 5. The standard InChI is InChI=1S/C19H27F3N2O4/c1-3-15(25)23-17(2)8-11-27-18(16(17)26)6-9-24(10-7-18)12-13-4-5-14(28-13)19(20,21)22/h4-5,16,26H,3,6-12H2,1-2H3,(H,23,25)/t16-,17+/m1/s1. The highest BCUT2D eigenvalue weighted by molar-refractivity contribution is 5.76. The van der Waals surface area contributed by atoms with Crippen LogP contribution < -0.4 is 5.32 Å². The predicted octanol–water partition coefficient (Wildman–Crippen LogP) is 2.70. The maximum atomic E-state index is 12.7. The first-order chi connectivity index (χ1) is 13.1. The van der Waals surface area contributed by atoms with Crippen LogP contribution in [0, 0.1) is 0 Å². The Morgan fingerprint density at radius 3 is 2.57 bits per heavy atom. The van der Waals surface area contributed by atoms with Crippen molar-refractivity contribution >= 4 is 5.91 Å². The number of ether oxygens (including phenoxy) is 1. The van der Waals surface area contributed by atoms with Gasteiger partial charge in [-0.3, -0.25) is 9.69 Å². The zero-order valence-corrected chi connectivity index (χ0v) is 16.1. The molecule has 2 N–H and O–H groups in total. The minimum atomic E-state index is -4.49. The van der Waals surface area contributed by atoms with Gasteiger partial charge in [-0.1, -0.05) is 6.92 Å². The maximum absolute atomic E-state index is 12.7. The number of alkyl halides is 3. The van der Waals surface area contributed by atoms with Crippen LogP contribution >= 0.6 is 0 Å². The van der Waals surface area contributed by atoms with Gasteiger partial charge in [0, 0.05) is 26.1 Å². The minimum Gasteiger partial charge on any atom is -0.455 e. The molecule has 0 radical (unpaired) electrons. The van der Waals surface area contributed by atoms with Gasteiger partial charge in [0.2, 0.25) is 11.7 Å². The van der Waals surface area contributed by atoms with Crippen molar-refractivity contribution in [1.29, 1.82) is 0 Å². The van der Waals surface area contributed by atoms with Crippen molar-refractivity contribution in [3.8, 4) is 0 Å². The summed E-state index contributed by atoms with van der Waals surface area (Å²) >= 11 is 0. The zero-order chi connectivity index (χ0) is 20.6. The van der Waals surface area contributed by atoms with Gasteiger partial charge in [0.05, 0.1) is 17.7 Å². The summed E-state index contributed by atoms with van der Waals surface area (Å²) in [5.74, 6) is -0.854. The SMILES string of the molecule is CCC(=O)N[C@@]1(C)CCOC2(CCN(Cc3ccc(C(F)(F)F)o3)CC2)[C@@H]1O. The van der Waals surface area contributed by atoms with E-state index in [1.54, 1.807) is 6.92 Å². The van der Waals surface area contributed by atoms with Crippen LogP contribution in [0.15, 0.2) is 16.5 Å². The van der Waals surface area contributed by atoms with Crippen molar-refractivity contribution in [2.75, 3.05) is 19.7 Å². The van der Waals surface area contributed by atoms with Crippen molar-refractivity contribution < 1.29 is 32.2 Å². The van der Waals surface area contributed by atoms with Crippen molar-refractivity contribution in [3.05, 3.63) is 23.7 Å². The zero-order valence-electron chi connectivity index (χ0n) is 16.1. The number of amides is 1. The Morgan fingerprint density at radius 1 is 1.32 bits per heavy atom. The van der Waals surface area contributed by atoms with Crippen LogP contribution in [0.3, 0.4) is 0 Å². The molecule has 9 heteroatoms. The van der Waals surface area contributed by atoms with Crippen LogP contribution in [0.2, 0.25) is 0 Å². The monoisotopic (exact) mass is 404 g/mol. The van der Waals surface area contributed by atoms with Gasteiger partial charge in [-0.05, 0) is 38.3 Å². The van der Waals surface area contributed by atoms with E-state index >= 15 is 0 Å². The third kappa shape index (κ3) is 4.21. The van der Waals surface area contributed by atoms with Crippen LogP contribution in [0.1, 0.15) is 51.1 Å². The third-order valence-corrected chi connectivity index (χ3v) is 5.88. The molecule has 3 heterocycles. The molecule has 1 aromatic heterocycles. The number of nitrogens with zero attached hydrogens (tertiary/aromatic N) is 1. The first-order valence-electron chi connectivity index (χ1n) is 9.59. The molecule has 0 aliphatic carbocycles. The van der Waals surface area contributed by atoms with Crippen LogP contribution in [0.25, 0.3) is 0 Å². The number of piperidine rings is 1. The van der Waals surface area contributed by atoms with E-state index in [1.807, 2.05) is 11.8 Å². The third-order valence-electron chi connectivity index (χ3n) is 5.88. The van der Waals surface area contributed by atoms with E-state index in [-0.39, 0.29) is 18.2 Å². The Bertz CT molecular complexity index is 698. The quantitative estimate of drug-likeness (QED) is 0.807. The van der Waals surface area contributed by atoms with Crippen LogP contribution in [-0.2, 0) is 22.3 Å².